The molecule has 0 saturated carbocycles. The van der Waals surface area contributed by atoms with Crippen LogP contribution in [-0.2, 0) is 21.8 Å². The van der Waals surface area contributed by atoms with E-state index in [0.29, 0.717) is 20.6 Å². The minimum absolute atomic E-state index is 0.121. The zero-order valence-corrected chi connectivity index (χ0v) is 24.9. The lowest BCUT2D eigenvalue weighted by Crippen LogP contribution is -2.08. The van der Waals surface area contributed by atoms with E-state index in [9.17, 15) is 46.3 Å². The second-order valence-corrected chi connectivity index (χ2v) is 10.3. The average Bonchev–Trinajstić information content (AvgIpc) is 3.59. The van der Waals surface area contributed by atoms with Crippen molar-refractivity contribution in [2.45, 2.75) is 12.4 Å². The van der Waals surface area contributed by atoms with Gasteiger partial charge in [0.2, 0.25) is 0 Å². The van der Waals surface area contributed by atoms with Gasteiger partial charge in [-0.1, -0.05) is 60.7 Å². The van der Waals surface area contributed by atoms with Crippen LogP contribution in [0.3, 0.4) is 0 Å². The highest BCUT2D eigenvalue weighted by molar-refractivity contribution is 5.99. The number of esters is 2. The minimum atomic E-state index is -4.64. The molecule has 0 radical (unpaired) electrons. The predicted octanol–water partition coefficient (Wildman–Crippen LogP) is 8.70. The van der Waals surface area contributed by atoms with Crippen LogP contribution in [0, 0.1) is 0 Å². The molecule has 6 rings (SSSR count). The maximum atomic E-state index is 13.4. The summed E-state index contributed by atoms with van der Waals surface area (Å²) in [6.45, 7) is 0. The summed E-state index contributed by atoms with van der Waals surface area (Å²) in [7, 11) is 2.17. The lowest BCUT2D eigenvalue weighted by Gasteiger charge is -2.11. The largest absolute Gasteiger partial charge is 0.464 e. The zero-order chi connectivity index (χ0) is 35.0. The number of nitrogens with zero attached hydrogens (tertiary/aromatic N) is 2. The number of carbonyl (C=O) groups is 2. The van der Waals surface area contributed by atoms with Crippen LogP contribution >= 0.6 is 0 Å². The molecule has 48 heavy (non-hydrogen) atoms. The van der Waals surface area contributed by atoms with E-state index in [4.69, 9.17) is 0 Å². The lowest BCUT2D eigenvalue weighted by molar-refractivity contribution is -0.137. The Labute approximate surface area is 267 Å². The van der Waals surface area contributed by atoms with Gasteiger partial charge in [-0.05, 0) is 58.7 Å². The van der Waals surface area contributed by atoms with Gasteiger partial charge in [0, 0.05) is 10.8 Å². The van der Waals surface area contributed by atoms with E-state index in [0.717, 1.165) is 38.5 Å². The Morgan fingerprint density at radius 2 is 0.875 bits per heavy atom. The summed E-state index contributed by atoms with van der Waals surface area (Å²) in [6.07, 6.45) is -9.28. The van der Waals surface area contributed by atoms with Crippen molar-refractivity contribution < 1.29 is 55.8 Å². The van der Waals surface area contributed by atoms with Crippen LogP contribution in [0.5, 0.6) is 0 Å². The molecule has 0 unspecified atom stereocenters. The number of alkyl halides is 6. The van der Waals surface area contributed by atoms with Crippen molar-refractivity contribution in [1.82, 2.24) is 9.46 Å². The first-order valence-electron chi connectivity index (χ1n) is 13.8. The van der Waals surface area contributed by atoms with Gasteiger partial charge < -0.3 is 19.9 Å². The summed E-state index contributed by atoms with van der Waals surface area (Å²) in [6, 6.07) is 23.7. The number of carbonyl (C=O) groups excluding carboxylic acids is 2. The van der Waals surface area contributed by atoms with E-state index in [-0.39, 0.29) is 44.3 Å². The number of rotatable bonds is 4. The summed E-state index contributed by atoms with van der Waals surface area (Å²) in [4.78, 5) is 23.3. The molecule has 14 heteroatoms. The fraction of sp³-hybridized carbons (Fsp3) is 0.118. The van der Waals surface area contributed by atoms with E-state index in [1.54, 1.807) is 60.7 Å². The van der Waals surface area contributed by atoms with Crippen molar-refractivity contribution in [2.24, 2.45) is 0 Å². The summed E-state index contributed by atoms with van der Waals surface area (Å²) >= 11 is 0. The van der Waals surface area contributed by atoms with Crippen molar-refractivity contribution in [3.05, 3.63) is 120 Å². The zero-order valence-electron chi connectivity index (χ0n) is 24.9. The number of methoxy groups -OCH3 is 2. The Kier molecular flexibility index (Phi) is 8.85. The van der Waals surface area contributed by atoms with Crippen molar-refractivity contribution in [3.8, 4) is 22.3 Å². The number of halogens is 6. The predicted molar refractivity (Wildman–Crippen MR) is 162 cm³/mol. The molecule has 0 bridgehead atoms. The van der Waals surface area contributed by atoms with Crippen LogP contribution < -0.4 is 0 Å². The number of fused-ring (bicyclic) bond motifs is 2. The first-order valence-corrected chi connectivity index (χ1v) is 13.8. The van der Waals surface area contributed by atoms with Crippen molar-refractivity contribution in [1.29, 1.82) is 0 Å². The summed E-state index contributed by atoms with van der Waals surface area (Å²) in [5.74, 6) is -1.86. The highest BCUT2D eigenvalue weighted by atomic mass is 19.4. The molecule has 0 aliphatic heterocycles. The van der Waals surface area contributed by atoms with Gasteiger partial charge in [0.15, 0.2) is 11.4 Å². The van der Waals surface area contributed by atoms with Crippen LogP contribution in [0.15, 0.2) is 97.1 Å². The normalized spacial score (nSPS) is 11.7. The second-order valence-electron chi connectivity index (χ2n) is 10.3. The maximum Gasteiger partial charge on any atom is 0.417 e. The fourth-order valence-electron chi connectivity index (χ4n) is 5.15. The molecule has 0 spiro atoms. The van der Waals surface area contributed by atoms with Gasteiger partial charge in [-0.25, -0.2) is 9.59 Å². The van der Waals surface area contributed by atoms with E-state index in [1.165, 1.54) is 12.1 Å². The molecule has 4 aromatic carbocycles. The molecule has 0 amide bonds. The second kappa shape index (κ2) is 12.7. The van der Waals surface area contributed by atoms with Crippen LogP contribution in [0.25, 0.3) is 44.1 Å². The van der Waals surface area contributed by atoms with E-state index in [2.05, 4.69) is 9.47 Å². The molecule has 248 valence electrons. The van der Waals surface area contributed by atoms with E-state index >= 15 is 0 Å². The van der Waals surface area contributed by atoms with Gasteiger partial charge in [-0.3, -0.25) is 0 Å². The highest BCUT2D eigenvalue weighted by Crippen LogP contribution is 2.40. The number of aromatic nitrogens is 2. The van der Waals surface area contributed by atoms with E-state index in [1.807, 2.05) is 0 Å². The van der Waals surface area contributed by atoms with Crippen molar-refractivity contribution >= 4 is 33.7 Å². The summed E-state index contributed by atoms with van der Waals surface area (Å²) < 4.78 is 90.4. The van der Waals surface area contributed by atoms with Crippen LogP contribution in [0.1, 0.15) is 32.1 Å². The van der Waals surface area contributed by atoms with Crippen molar-refractivity contribution in [3.63, 3.8) is 0 Å². The first-order chi connectivity index (χ1) is 22.6. The number of benzene rings is 4. The molecule has 2 heterocycles. The number of hydrogen-bond acceptors (Lipinski definition) is 6. The van der Waals surface area contributed by atoms with Crippen LogP contribution in [-0.4, -0.2) is 46.0 Å². The molecular weight excluding hydrogens is 646 g/mol. The maximum absolute atomic E-state index is 13.4. The summed E-state index contributed by atoms with van der Waals surface area (Å²) in [5.41, 5.74) is -1.18. The summed E-state index contributed by atoms with van der Waals surface area (Å²) in [5, 5.41) is 19.7. The van der Waals surface area contributed by atoms with Gasteiger partial charge in [-0.15, -0.1) is 0 Å². The molecule has 2 N–H and O–H groups in total. The molecule has 6 aromatic rings. The Morgan fingerprint density at radius 3 is 1.17 bits per heavy atom. The van der Waals surface area contributed by atoms with Gasteiger partial charge in [0.25, 0.3) is 0 Å². The molecule has 0 fully saturated rings. The highest BCUT2D eigenvalue weighted by Gasteiger charge is 2.36. The monoisotopic (exact) mass is 670 g/mol. The lowest BCUT2D eigenvalue weighted by atomic mass is 10.00. The minimum Gasteiger partial charge on any atom is -0.464 e. The number of ether oxygens (including phenoxy) is 2. The Balaban J connectivity index is 0.000000188. The third kappa shape index (κ3) is 6.36. The molecule has 2 aromatic heterocycles. The third-order valence-electron chi connectivity index (χ3n) is 7.41. The standard InChI is InChI=1S/2C17H12F3NO3/c2*1-24-16(22)15-9-12-13(17(18,19)20)7-11(8-14(12)21(15)23)10-5-3-2-4-6-10/h2*2-9,23H,1H3. The van der Waals surface area contributed by atoms with E-state index < -0.39 is 35.4 Å². The molecule has 8 nitrogen and oxygen atoms in total. The molecular formula is C34H24F6N2O6. The van der Waals surface area contributed by atoms with Crippen LogP contribution in [0.4, 0.5) is 26.3 Å². The molecule has 0 aliphatic rings. The SMILES string of the molecule is COC(=O)c1cc2c(C(F)(F)F)cc(-c3ccccc3)cc2n1O.COC(=O)c1cc2c(C(F)(F)F)cc(-c3ccccc3)cc2n1O. The van der Waals surface area contributed by atoms with Crippen LogP contribution in [0.2, 0.25) is 0 Å². The van der Waals surface area contributed by atoms with Gasteiger partial charge in [-0.2, -0.15) is 35.8 Å². The Morgan fingerprint density at radius 1 is 0.542 bits per heavy atom. The smallest absolute Gasteiger partial charge is 0.417 e. The van der Waals surface area contributed by atoms with Crippen molar-refractivity contribution in [2.75, 3.05) is 14.2 Å². The van der Waals surface area contributed by atoms with Gasteiger partial charge in [0.05, 0.1) is 36.4 Å². The third-order valence-corrected chi connectivity index (χ3v) is 7.41. The topological polar surface area (TPSA) is 103 Å². The van der Waals surface area contributed by atoms with Gasteiger partial charge in [0.1, 0.15) is 0 Å². The fourth-order valence-corrected chi connectivity index (χ4v) is 5.15. The Hall–Kier alpha value is -5.92. The Bertz CT molecular complexity index is 1980. The quantitative estimate of drug-likeness (QED) is 0.111. The molecule has 0 saturated heterocycles. The molecule has 0 atom stereocenters. The number of hydrogen-bond donors (Lipinski definition) is 2. The first kappa shape index (κ1) is 33.4. The average molecular weight is 671 g/mol. The van der Waals surface area contributed by atoms with Gasteiger partial charge >= 0.3 is 24.3 Å². The molecule has 0 aliphatic carbocycles.